The average molecular weight is 275 g/mol. The summed E-state index contributed by atoms with van der Waals surface area (Å²) in [5, 5.41) is 1.51. The van der Waals surface area contributed by atoms with E-state index in [1.165, 1.54) is 6.07 Å². The molecular weight excluding hydrogens is 263 g/mol. The minimum atomic E-state index is -0.254. The highest BCUT2D eigenvalue weighted by molar-refractivity contribution is 6.30. The maximum Gasteiger partial charge on any atom is 0.128 e. The summed E-state index contributed by atoms with van der Waals surface area (Å²) in [6, 6.07) is 12.2. The highest BCUT2D eigenvalue weighted by atomic mass is 35.5. The minimum Gasteiger partial charge on any atom is -0.398 e. The summed E-state index contributed by atoms with van der Waals surface area (Å²) in [4.78, 5) is 0. The Bertz CT molecular complexity index is 749. The Hall–Kier alpha value is -2.00. The van der Waals surface area contributed by atoms with Crippen LogP contribution < -0.4 is 5.73 Å². The van der Waals surface area contributed by atoms with Gasteiger partial charge in [-0.25, -0.2) is 4.39 Å². The molecule has 0 aliphatic rings. The first kappa shape index (κ1) is 12.1. The third-order valence-corrected chi connectivity index (χ3v) is 3.43. The van der Waals surface area contributed by atoms with Crippen molar-refractivity contribution in [3.05, 3.63) is 65.1 Å². The summed E-state index contributed by atoms with van der Waals surface area (Å²) in [6.45, 7) is 0.430. The lowest BCUT2D eigenvalue weighted by Crippen LogP contribution is -2.00. The number of anilines is 1. The standard InChI is InChI=1S/C15H12ClFN2/c16-11-4-5-13(17)10(8-11)9-19-7-6-12-14(18)2-1-3-15(12)19/h1-8H,9,18H2. The summed E-state index contributed by atoms with van der Waals surface area (Å²) in [5.41, 5.74) is 8.18. The van der Waals surface area contributed by atoms with E-state index < -0.39 is 0 Å². The monoisotopic (exact) mass is 274 g/mol. The summed E-state index contributed by atoms with van der Waals surface area (Å²) >= 11 is 5.90. The Labute approximate surface area is 115 Å². The zero-order valence-corrected chi connectivity index (χ0v) is 10.9. The van der Waals surface area contributed by atoms with Crippen LogP contribution >= 0.6 is 11.6 Å². The number of hydrogen-bond donors (Lipinski definition) is 1. The summed E-state index contributed by atoms with van der Waals surface area (Å²) in [6.07, 6.45) is 1.90. The lowest BCUT2D eigenvalue weighted by molar-refractivity contribution is 0.602. The Balaban J connectivity index is 2.06. The predicted octanol–water partition coefficient (Wildman–Crippen LogP) is 4.06. The van der Waals surface area contributed by atoms with E-state index in [0.29, 0.717) is 17.1 Å². The fraction of sp³-hybridized carbons (Fsp3) is 0.0667. The van der Waals surface area contributed by atoms with E-state index in [2.05, 4.69) is 0 Å². The Morgan fingerprint density at radius 2 is 2.00 bits per heavy atom. The van der Waals surface area contributed by atoms with Gasteiger partial charge >= 0.3 is 0 Å². The van der Waals surface area contributed by atoms with Gasteiger partial charge in [0.25, 0.3) is 0 Å². The molecule has 2 nitrogen and oxygen atoms in total. The molecule has 19 heavy (non-hydrogen) atoms. The first-order valence-electron chi connectivity index (χ1n) is 5.92. The number of nitrogen functional groups attached to an aromatic ring is 1. The van der Waals surface area contributed by atoms with E-state index in [1.807, 2.05) is 35.0 Å². The van der Waals surface area contributed by atoms with Crippen LogP contribution in [0.5, 0.6) is 0 Å². The van der Waals surface area contributed by atoms with E-state index in [0.717, 1.165) is 16.6 Å². The van der Waals surface area contributed by atoms with Crippen LogP contribution in [0.15, 0.2) is 48.7 Å². The quantitative estimate of drug-likeness (QED) is 0.702. The molecule has 0 amide bonds. The van der Waals surface area contributed by atoms with Crippen LogP contribution in [0.3, 0.4) is 0 Å². The molecule has 0 aliphatic heterocycles. The molecule has 0 atom stereocenters. The number of aromatic nitrogens is 1. The molecule has 2 N–H and O–H groups in total. The second-order valence-electron chi connectivity index (χ2n) is 4.46. The minimum absolute atomic E-state index is 0.254. The summed E-state index contributed by atoms with van der Waals surface area (Å²) in [7, 11) is 0. The van der Waals surface area contributed by atoms with E-state index in [-0.39, 0.29) is 5.82 Å². The van der Waals surface area contributed by atoms with Crippen LogP contribution in [-0.2, 0) is 6.54 Å². The van der Waals surface area contributed by atoms with Crippen LogP contribution in [0.1, 0.15) is 5.56 Å². The molecule has 96 valence electrons. The molecule has 1 aromatic heterocycles. The lowest BCUT2D eigenvalue weighted by Gasteiger charge is -2.08. The second-order valence-corrected chi connectivity index (χ2v) is 4.90. The van der Waals surface area contributed by atoms with E-state index in [4.69, 9.17) is 17.3 Å². The topological polar surface area (TPSA) is 30.9 Å². The summed E-state index contributed by atoms with van der Waals surface area (Å²) in [5.74, 6) is -0.254. The van der Waals surface area contributed by atoms with Gasteiger partial charge in [0.15, 0.2) is 0 Å². The van der Waals surface area contributed by atoms with Gasteiger partial charge in [0.1, 0.15) is 5.82 Å². The van der Waals surface area contributed by atoms with Gasteiger partial charge in [0.2, 0.25) is 0 Å². The van der Waals surface area contributed by atoms with Crippen molar-refractivity contribution in [1.82, 2.24) is 4.57 Å². The number of nitrogens with zero attached hydrogens (tertiary/aromatic N) is 1. The van der Waals surface area contributed by atoms with E-state index in [1.54, 1.807) is 12.1 Å². The largest absolute Gasteiger partial charge is 0.398 e. The molecule has 0 saturated carbocycles. The van der Waals surface area contributed by atoms with Gasteiger partial charge in [-0.15, -0.1) is 0 Å². The molecule has 0 unspecified atom stereocenters. The number of benzene rings is 2. The number of rotatable bonds is 2. The molecule has 0 saturated heterocycles. The smallest absolute Gasteiger partial charge is 0.128 e. The first-order chi connectivity index (χ1) is 9.15. The Morgan fingerprint density at radius 1 is 1.16 bits per heavy atom. The molecule has 0 radical (unpaired) electrons. The normalized spacial score (nSPS) is 11.1. The van der Waals surface area contributed by atoms with Crippen LogP contribution in [-0.4, -0.2) is 4.57 Å². The predicted molar refractivity (Wildman–Crippen MR) is 76.9 cm³/mol. The van der Waals surface area contributed by atoms with Crippen molar-refractivity contribution in [2.75, 3.05) is 5.73 Å². The van der Waals surface area contributed by atoms with E-state index >= 15 is 0 Å². The molecule has 0 spiro atoms. The zero-order chi connectivity index (χ0) is 13.4. The molecule has 0 bridgehead atoms. The van der Waals surface area contributed by atoms with Crippen molar-refractivity contribution in [2.45, 2.75) is 6.54 Å². The van der Waals surface area contributed by atoms with Crippen molar-refractivity contribution in [1.29, 1.82) is 0 Å². The highest BCUT2D eigenvalue weighted by Gasteiger charge is 2.07. The number of nitrogens with two attached hydrogens (primary N) is 1. The van der Waals surface area contributed by atoms with Crippen LogP contribution in [0, 0.1) is 5.82 Å². The van der Waals surface area contributed by atoms with Gasteiger partial charge in [-0.1, -0.05) is 17.7 Å². The Kier molecular flexibility index (Phi) is 2.91. The molecule has 3 aromatic rings. The van der Waals surface area contributed by atoms with Crippen molar-refractivity contribution in [3.63, 3.8) is 0 Å². The Morgan fingerprint density at radius 3 is 2.84 bits per heavy atom. The second kappa shape index (κ2) is 4.59. The molecule has 2 aromatic carbocycles. The van der Waals surface area contributed by atoms with Crippen LogP contribution in [0.4, 0.5) is 10.1 Å². The first-order valence-corrected chi connectivity index (χ1v) is 6.30. The number of halogens is 2. The van der Waals surface area contributed by atoms with Crippen molar-refractivity contribution >= 4 is 28.2 Å². The highest BCUT2D eigenvalue weighted by Crippen LogP contribution is 2.24. The van der Waals surface area contributed by atoms with Gasteiger partial charge in [0, 0.05) is 27.9 Å². The fourth-order valence-corrected chi connectivity index (χ4v) is 2.43. The van der Waals surface area contributed by atoms with Crippen molar-refractivity contribution in [2.24, 2.45) is 0 Å². The van der Waals surface area contributed by atoms with E-state index in [9.17, 15) is 4.39 Å². The number of hydrogen-bond acceptors (Lipinski definition) is 1. The van der Waals surface area contributed by atoms with Crippen molar-refractivity contribution < 1.29 is 4.39 Å². The zero-order valence-electron chi connectivity index (χ0n) is 10.1. The third-order valence-electron chi connectivity index (χ3n) is 3.20. The number of fused-ring (bicyclic) bond motifs is 1. The fourth-order valence-electron chi connectivity index (χ4n) is 2.23. The van der Waals surface area contributed by atoms with Gasteiger partial charge < -0.3 is 10.3 Å². The third kappa shape index (κ3) is 2.17. The summed E-state index contributed by atoms with van der Waals surface area (Å²) < 4.78 is 15.7. The maximum absolute atomic E-state index is 13.7. The van der Waals surface area contributed by atoms with Gasteiger partial charge in [0.05, 0.1) is 12.1 Å². The van der Waals surface area contributed by atoms with Crippen molar-refractivity contribution in [3.8, 4) is 0 Å². The van der Waals surface area contributed by atoms with Gasteiger partial charge in [-0.05, 0) is 36.4 Å². The lowest BCUT2D eigenvalue weighted by atomic mass is 10.2. The molecule has 3 rings (SSSR count). The maximum atomic E-state index is 13.7. The molecular formula is C15H12ClFN2. The van der Waals surface area contributed by atoms with Crippen LogP contribution in [0.25, 0.3) is 10.9 Å². The van der Waals surface area contributed by atoms with Gasteiger partial charge in [-0.2, -0.15) is 0 Å². The molecule has 0 aliphatic carbocycles. The average Bonchev–Trinajstić information content (AvgIpc) is 2.79. The van der Waals surface area contributed by atoms with Gasteiger partial charge in [-0.3, -0.25) is 0 Å². The molecule has 1 heterocycles. The molecule has 0 fully saturated rings. The SMILES string of the molecule is Nc1cccc2c1ccn2Cc1cc(Cl)ccc1F. The van der Waals surface area contributed by atoms with Crippen LogP contribution in [0.2, 0.25) is 5.02 Å². The molecule has 4 heteroatoms.